The van der Waals surface area contributed by atoms with Crippen molar-refractivity contribution in [2.45, 2.75) is 65.7 Å². The molecule has 1 unspecified atom stereocenters. The Morgan fingerprint density at radius 1 is 0.769 bits per heavy atom. The van der Waals surface area contributed by atoms with Crippen molar-refractivity contribution < 1.29 is 19.1 Å². The molecule has 0 spiro atoms. The lowest BCUT2D eigenvalue weighted by Crippen LogP contribution is -2.04. The Bertz CT molecular complexity index is 2400. The van der Waals surface area contributed by atoms with Gasteiger partial charge in [0.05, 0.1) is 37.0 Å². The minimum absolute atomic E-state index is 0.227. The summed E-state index contributed by atoms with van der Waals surface area (Å²) < 4.78 is 9.99. The zero-order chi connectivity index (χ0) is 36.7. The zero-order valence-electron chi connectivity index (χ0n) is 30.7. The van der Waals surface area contributed by atoms with Gasteiger partial charge in [0.1, 0.15) is 0 Å². The second kappa shape index (κ2) is 14.1. The fraction of sp³-hybridized carbons (Fsp3) is 0.273. The number of H-pyrrole nitrogens is 2. The SMILES string of the molecule is C=Cc1c(C)c2cc3nc(cc4nc(cc5[nH]c(cc1[nH]2)c1c5C=CC(c2ccc(C)cc2)C1)C(C)=C4CCC(=O)OC)C(CCC(=O)OC)=C3C. The van der Waals surface area contributed by atoms with Crippen molar-refractivity contribution in [3.8, 4) is 0 Å². The van der Waals surface area contributed by atoms with Crippen LogP contribution in [0.4, 0.5) is 0 Å². The zero-order valence-corrected chi connectivity index (χ0v) is 30.7. The van der Waals surface area contributed by atoms with Gasteiger partial charge in [-0.05, 0) is 110 Å². The third-order valence-corrected chi connectivity index (χ3v) is 10.7. The van der Waals surface area contributed by atoms with Crippen LogP contribution in [0.2, 0.25) is 0 Å². The van der Waals surface area contributed by atoms with Crippen LogP contribution < -0.4 is 0 Å². The quantitative estimate of drug-likeness (QED) is 0.178. The van der Waals surface area contributed by atoms with E-state index in [1.807, 2.05) is 19.1 Å². The van der Waals surface area contributed by atoms with E-state index in [1.54, 1.807) is 0 Å². The molecule has 8 heteroatoms. The molecule has 0 fully saturated rings. The van der Waals surface area contributed by atoms with Crippen LogP contribution in [0.25, 0.3) is 56.5 Å². The largest absolute Gasteiger partial charge is 0.469 e. The molecule has 8 nitrogen and oxygen atoms in total. The molecule has 5 heterocycles. The van der Waals surface area contributed by atoms with Gasteiger partial charge in [-0.3, -0.25) is 9.59 Å². The molecule has 1 aromatic carbocycles. The van der Waals surface area contributed by atoms with Crippen molar-refractivity contribution in [3.63, 3.8) is 0 Å². The number of aromatic amines is 2. The Morgan fingerprint density at radius 2 is 1.35 bits per heavy atom. The summed E-state index contributed by atoms with van der Waals surface area (Å²) in [4.78, 5) is 42.4. The van der Waals surface area contributed by atoms with Crippen LogP contribution in [0.1, 0.15) is 102 Å². The van der Waals surface area contributed by atoms with Gasteiger partial charge >= 0.3 is 11.9 Å². The Hall–Kier alpha value is -5.76. The molecule has 8 bridgehead atoms. The van der Waals surface area contributed by atoms with Crippen LogP contribution in [0.5, 0.6) is 0 Å². The van der Waals surface area contributed by atoms with E-state index in [1.165, 1.54) is 30.9 Å². The summed E-state index contributed by atoms with van der Waals surface area (Å²) in [7, 11) is 2.81. The van der Waals surface area contributed by atoms with E-state index < -0.39 is 0 Å². The Balaban J connectivity index is 1.52. The highest BCUT2D eigenvalue weighted by Gasteiger charge is 2.24. The van der Waals surface area contributed by atoms with Gasteiger partial charge in [-0.1, -0.05) is 54.6 Å². The molecule has 3 aliphatic rings. The number of ether oxygens (including phenoxy) is 2. The minimum atomic E-state index is -0.280. The van der Waals surface area contributed by atoms with Gasteiger partial charge in [-0.2, -0.15) is 0 Å². The lowest BCUT2D eigenvalue weighted by molar-refractivity contribution is -0.141. The lowest BCUT2D eigenvalue weighted by atomic mass is 9.85. The highest BCUT2D eigenvalue weighted by molar-refractivity contribution is 5.97. The molecule has 0 saturated heterocycles. The van der Waals surface area contributed by atoms with Crippen molar-refractivity contribution in [2.24, 2.45) is 0 Å². The van der Waals surface area contributed by atoms with E-state index in [0.717, 1.165) is 90.2 Å². The predicted octanol–water partition coefficient (Wildman–Crippen LogP) is 9.70. The Labute approximate surface area is 304 Å². The van der Waals surface area contributed by atoms with Crippen LogP contribution in [-0.4, -0.2) is 46.1 Å². The van der Waals surface area contributed by atoms with Crippen molar-refractivity contribution in [3.05, 3.63) is 117 Å². The van der Waals surface area contributed by atoms with Gasteiger partial charge in [-0.15, -0.1) is 0 Å². The average Bonchev–Trinajstić information content (AvgIpc) is 3.83. The number of esters is 2. The molecule has 2 N–H and O–H groups in total. The number of hydrogen-bond donors (Lipinski definition) is 2. The molecule has 7 rings (SSSR count). The summed E-state index contributed by atoms with van der Waals surface area (Å²) in [5.41, 5.74) is 17.9. The number of nitrogens with zero attached hydrogens (tertiary/aromatic N) is 2. The molecule has 2 aliphatic heterocycles. The number of methoxy groups -OCH3 is 2. The summed E-state index contributed by atoms with van der Waals surface area (Å²) >= 11 is 0. The van der Waals surface area contributed by atoms with E-state index >= 15 is 0 Å². The summed E-state index contributed by atoms with van der Waals surface area (Å²) in [5, 5.41) is 0. The summed E-state index contributed by atoms with van der Waals surface area (Å²) in [6.07, 6.45) is 8.67. The summed E-state index contributed by atoms with van der Waals surface area (Å²) in [5.74, 6) is -0.318. The second-order valence-electron chi connectivity index (χ2n) is 13.8. The smallest absolute Gasteiger partial charge is 0.305 e. The van der Waals surface area contributed by atoms with Gasteiger partial charge in [0.2, 0.25) is 0 Å². The van der Waals surface area contributed by atoms with E-state index in [2.05, 4.69) is 91.9 Å². The van der Waals surface area contributed by atoms with Crippen LogP contribution in [0.15, 0.2) is 61.2 Å². The number of nitrogens with one attached hydrogen (secondary N) is 2. The predicted molar refractivity (Wildman–Crippen MR) is 210 cm³/mol. The van der Waals surface area contributed by atoms with Gasteiger partial charge in [-0.25, -0.2) is 9.97 Å². The molecular formula is C44H44N4O4. The van der Waals surface area contributed by atoms with Crippen LogP contribution in [0, 0.1) is 13.8 Å². The van der Waals surface area contributed by atoms with Crippen LogP contribution in [-0.2, 0) is 25.5 Å². The maximum absolute atomic E-state index is 12.3. The first kappa shape index (κ1) is 34.7. The first-order valence-corrected chi connectivity index (χ1v) is 17.8. The average molecular weight is 693 g/mol. The number of benzene rings is 1. The van der Waals surface area contributed by atoms with Crippen LogP contribution >= 0.6 is 0 Å². The van der Waals surface area contributed by atoms with Crippen LogP contribution in [0.3, 0.4) is 0 Å². The van der Waals surface area contributed by atoms with E-state index in [0.29, 0.717) is 12.8 Å². The maximum Gasteiger partial charge on any atom is 0.305 e. The number of carbonyl (C=O) groups is 2. The summed E-state index contributed by atoms with van der Waals surface area (Å²) in [6.45, 7) is 12.5. The number of aromatic nitrogens is 4. The molecule has 4 aromatic rings. The van der Waals surface area contributed by atoms with E-state index in [4.69, 9.17) is 19.4 Å². The van der Waals surface area contributed by atoms with Crippen molar-refractivity contribution in [1.29, 1.82) is 0 Å². The van der Waals surface area contributed by atoms with E-state index in [9.17, 15) is 9.59 Å². The first-order valence-electron chi connectivity index (χ1n) is 17.8. The topological polar surface area (TPSA) is 110 Å². The van der Waals surface area contributed by atoms with E-state index in [-0.39, 0.29) is 30.7 Å². The third kappa shape index (κ3) is 6.45. The fourth-order valence-electron chi connectivity index (χ4n) is 7.57. The standard InChI is InChI=1S/C44H44N4O4/c1-8-30-25(3)35-20-36-26(4)31(15-17-43(49)51-6)39(46-36)23-40-32(16-18-44(50)52-7)27(5)37(47-40)21-41-33-14-13-29(28-11-9-24(2)10-12-28)19-34(33)42(48-41)22-38(30)45-35/h8-14,20-23,29,45,48H,1,15-19H2,2-7H3. The molecule has 0 amide bonds. The molecule has 1 aliphatic carbocycles. The summed E-state index contributed by atoms with van der Waals surface area (Å²) in [6, 6.07) is 17.2. The Kier molecular flexibility index (Phi) is 9.40. The van der Waals surface area contributed by atoms with Gasteiger partial charge in [0.25, 0.3) is 0 Å². The lowest BCUT2D eigenvalue weighted by Gasteiger charge is -2.18. The van der Waals surface area contributed by atoms with Crippen molar-refractivity contribution >= 4 is 68.4 Å². The third-order valence-electron chi connectivity index (χ3n) is 10.7. The molecule has 1 atom stereocenters. The maximum atomic E-state index is 12.3. The monoisotopic (exact) mass is 692 g/mol. The molecule has 264 valence electrons. The minimum Gasteiger partial charge on any atom is -0.469 e. The molecule has 0 saturated carbocycles. The molecule has 0 radical (unpaired) electrons. The molecule has 3 aromatic heterocycles. The van der Waals surface area contributed by atoms with Gasteiger partial charge in [0, 0.05) is 52.0 Å². The number of aryl methyl sites for hydroxylation is 2. The van der Waals surface area contributed by atoms with Gasteiger partial charge < -0.3 is 19.4 Å². The highest BCUT2D eigenvalue weighted by atomic mass is 16.5. The highest BCUT2D eigenvalue weighted by Crippen LogP contribution is 2.40. The fourth-order valence-corrected chi connectivity index (χ4v) is 7.57. The number of hydrogen-bond acceptors (Lipinski definition) is 6. The van der Waals surface area contributed by atoms with Crippen molar-refractivity contribution in [1.82, 2.24) is 19.9 Å². The number of carbonyl (C=O) groups excluding carboxylic acids is 2. The molecule has 52 heavy (non-hydrogen) atoms. The second-order valence-corrected chi connectivity index (χ2v) is 13.8. The Morgan fingerprint density at radius 3 is 1.92 bits per heavy atom. The van der Waals surface area contributed by atoms with Crippen molar-refractivity contribution in [2.75, 3.05) is 14.2 Å². The van der Waals surface area contributed by atoms with Gasteiger partial charge in [0.15, 0.2) is 0 Å². The number of rotatable bonds is 8. The number of allylic oxidation sites excluding steroid dienone is 5. The first-order chi connectivity index (χ1) is 25.1. The normalized spacial score (nSPS) is 15.2. The number of fused-ring (bicyclic) bond motifs is 11. The molecular weight excluding hydrogens is 649 g/mol.